The van der Waals surface area contributed by atoms with Crippen LogP contribution in [0.15, 0.2) is 60.8 Å². The predicted octanol–water partition coefficient (Wildman–Crippen LogP) is 4.83. The highest BCUT2D eigenvalue weighted by molar-refractivity contribution is 5.95. The van der Waals surface area contributed by atoms with Crippen LogP contribution in [-0.2, 0) is 13.2 Å². The number of nitrogens with zero attached hydrogens (tertiary/aromatic N) is 3. The minimum atomic E-state index is -1.12. The average Bonchev–Trinajstić information content (AvgIpc) is 3.52. The summed E-state index contributed by atoms with van der Waals surface area (Å²) in [6.45, 7) is 3.28. The molecule has 0 unspecified atom stereocenters. The third-order valence-electron chi connectivity index (χ3n) is 6.19. The van der Waals surface area contributed by atoms with Gasteiger partial charge in [0.1, 0.15) is 29.6 Å². The van der Waals surface area contributed by atoms with Gasteiger partial charge in [-0.1, -0.05) is 30.3 Å². The smallest absolute Gasteiger partial charge is 0.353 e. The van der Waals surface area contributed by atoms with Crippen molar-refractivity contribution in [3.8, 4) is 17.0 Å². The first-order valence-corrected chi connectivity index (χ1v) is 11.9. The van der Waals surface area contributed by atoms with Gasteiger partial charge in [-0.05, 0) is 49.2 Å². The maximum absolute atomic E-state index is 14.1. The van der Waals surface area contributed by atoms with Crippen LogP contribution in [0.5, 0.6) is 5.75 Å². The van der Waals surface area contributed by atoms with Crippen LogP contribution in [0.1, 0.15) is 43.4 Å². The molecule has 198 valence electrons. The number of hydrogen-bond acceptors (Lipinski definition) is 5. The molecule has 2 aromatic carbocycles. The summed E-state index contributed by atoms with van der Waals surface area (Å²) in [4.78, 5) is 29.1. The van der Waals surface area contributed by atoms with Gasteiger partial charge < -0.3 is 15.2 Å². The summed E-state index contributed by atoms with van der Waals surface area (Å²) in [6.07, 6.45) is 1.73. The Labute approximate surface area is 221 Å². The molecule has 0 aliphatic heterocycles. The number of carboxylic acid groups (broad SMARTS) is 1. The molecule has 0 aliphatic rings. The number of halogens is 2. The number of aromatic amines is 1. The molecule has 11 heteroatoms. The Kier molecular flexibility index (Phi) is 6.80. The molecule has 39 heavy (non-hydrogen) atoms. The van der Waals surface area contributed by atoms with Crippen LogP contribution in [-0.4, -0.2) is 36.6 Å². The van der Waals surface area contributed by atoms with E-state index in [1.54, 1.807) is 48.7 Å². The van der Waals surface area contributed by atoms with Crippen molar-refractivity contribution in [1.82, 2.24) is 24.9 Å². The van der Waals surface area contributed by atoms with Gasteiger partial charge in [0.05, 0.1) is 17.0 Å². The molecule has 5 aromatic rings. The molecule has 5 rings (SSSR count). The summed E-state index contributed by atoms with van der Waals surface area (Å²) in [6, 6.07) is 13.9. The molecule has 0 saturated carbocycles. The number of aromatic carboxylic acids is 1. The molecule has 0 atom stereocenters. The quantitative estimate of drug-likeness (QED) is 0.264. The lowest BCUT2D eigenvalue weighted by Gasteiger charge is -2.12. The van der Waals surface area contributed by atoms with Gasteiger partial charge in [0.2, 0.25) is 0 Å². The van der Waals surface area contributed by atoms with Gasteiger partial charge in [0.15, 0.2) is 11.4 Å². The van der Waals surface area contributed by atoms with Gasteiger partial charge in [-0.2, -0.15) is 5.10 Å². The fourth-order valence-electron chi connectivity index (χ4n) is 4.31. The molecule has 1 amide bonds. The molecular formula is C28H23F2N5O4. The minimum absolute atomic E-state index is 0.0451. The maximum Gasteiger partial charge on any atom is 0.353 e. The predicted molar refractivity (Wildman–Crippen MR) is 138 cm³/mol. The van der Waals surface area contributed by atoms with Crippen LogP contribution in [0.3, 0.4) is 0 Å². The van der Waals surface area contributed by atoms with E-state index in [0.29, 0.717) is 22.6 Å². The molecule has 0 fully saturated rings. The summed E-state index contributed by atoms with van der Waals surface area (Å²) >= 11 is 0. The monoisotopic (exact) mass is 531 g/mol. The van der Waals surface area contributed by atoms with Crippen LogP contribution in [0.25, 0.3) is 16.9 Å². The largest absolute Gasteiger partial charge is 0.485 e. The van der Waals surface area contributed by atoms with Gasteiger partial charge >= 0.3 is 5.97 Å². The Morgan fingerprint density at radius 3 is 2.54 bits per heavy atom. The van der Waals surface area contributed by atoms with Crippen molar-refractivity contribution < 1.29 is 28.2 Å². The number of fused-ring (bicyclic) bond motifs is 1. The third kappa shape index (κ3) is 5.06. The van der Waals surface area contributed by atoms with Gasteiger partial charge in [-0.15, -0.1) is 0 Å². The Morgan fingerprint density at radius 1 is 1.08 bits per heavy atom. The second-order valence-corrected chi connectivity index (χ2v) is 8.92. The summed E-state index contributed by atoms with van der Waals surface area (Å²) in [5.74, 6) is -2.68. The van der Waals surface area contributed by atoms with E-state index < -0.39 is 23.5 Å². The molecule has 0 spiro atoms. The number of carboxylic acids is 1. The van der Waals surface area contributed by atoms with Crippen LogP contribution in [0.2, 0.25) is 0 Å². The summed E-state index contributed by atoms with van der Waals surface area (Å²) in [5.41, 5.74) is 3.38. The van der Waals surface area contributed by atoms with Crippen molar-refractivity contribution in [3.05, 3.63) is 106 Å². The first-order chi connectivity index (χ1) is 18.7. The number of carbonyl (C=O) groups excluding carboxylic acids is 1. The standard InChI is InChI=1S/C28H23F2N5O4/c1-15-10-24(39-14-19-20(29)8-5-9-21(19)30)26-32-16(2)25(35(26)13-15)27(36)31-12-17-6-3-4-7-18(17)22-11-23(28(37)38)34-33-22/h3-11,13H,12,14H2,1-2H3,(H,31,36)(H,33,34)(H,37,38). The zero-order valence-electron chi connectivity index (χ0n) is 21.0. The minimum Gasteiger partial charge on any atom is -0.485 e. The fourth-order valence-corrected chi connectivity index (χ4v) is 4.31. The van der Waals surface area contributed by atoms with Crippen LogP contribution in [0.4, 0.5) is 8.78 Å². The van der Waals surface area contributed by atoms with E-state index in [4.69, 9.17) is 4.74 Å². The number of amides is 1. The Morgan fingerprint density at radius 2 is 1.82 bits per heavy atom. The number of carbonyl (C=O) groups is 2. The van der Waals surface area contributed by atoms with E-state index in [0.717, 1.165) is 23.3 Å². The highest BCUT2D eigenvalue weighted by Crippen LogP contribution is 2.27. The highest BCUT2D eigenvalue weighted by atomic mass is 19.1. The number of pyridine rings is 1. The number of ether oxygens (including phenoxy) is 1. The van der Waals surface area contributed by atoms with Gasteiger partial charge in [-0.25, -0.2) is 18.6 Å². The van der Waals surface area contributed by atoms with Gasteiger partial charge in [0, 0.05) is 18.3 Å². The SMILES string of the molecule is Cc1cc(OCc2c(F)cccc2F)c2nc(C)c(C(=O)NCc3ccccc3-c3cc(C(=O)O)[nH]n3)n2c1. The van der Waals surface area contributed by atoms with E-state index in [9.17, 15) is 23.5 Å². The Bertz CT molecular complexity index is 1710. The van der Waals surface area contributed by atoms with Gasteiger partial charge in [0.25, 0.3) is 5.91 Å². The van der Waals surface area contributed by atoms with E-state index >= 15 is 0 Å². The molecule has 0 bridgehead atoms. The van der Waals surface area contributed by atoms with Crippen LogP contribution in [0, 0.1) is 25.5 Å². The molecule has 0 radical (unpaired) electrons. The van der Waals surface area contributed by atoms with Crippen molar-refractivity contribution in [3.63, 3.8) is 0 Å². The lowest BCUT2D eigenvalue weighted by Crippen LogP contribution is -2.25. The fraction of sp³-hybridized carbons (Fsp3) is 0.143. The molecule has 0 aliphatic carbocycles. The summed E-state index contributed by atoms with van der Waals surface area (Å²) < 4.78 is 35.5. The number of hydrogen-bond donors (Lipinski definition) is 3. The zero-order chi connectivity index (χ0) is 27.7. The number of aromatic nitrogens is 4. The number of benzene rings is 2. The molecule has 9 nitrogen and oxygen atoms in total. The Hall–Kier alpha value is -5.06. The number of aryl methyl sites for hydroxylation is 2. The van der Waals surface area contributed by atoms with Crippen molar-refractivity contribution in [1.29, 1.82) is 0 Å². The normalized spacial score (nSPS) is 11.1. The topological polar surface area (TPSA) is 122 Å². The number of nitrogens with one attached hydrogen (secondary N) is 2. The van der Waals surface area contributed by atoms with E-state index in [1.807, 2.05) is 6.07 Å². The second kappa shape index (κ2) is 10.4. The van der Waals surface area contributed by atoms with Crippen LogP contribution < -0.4 is 10.1 Å². The summed E-state index contributed by atoms with van der Waals surface area (Å²) in [5, 5.41) is 18.6. The van der Waals surface area contributed by atoms with Crippen LogP contribution >= 0.6 is 0 Å². The molecule has 3 aromatic heterocycles. The average molecular weight is 532 g/mol. The first-order valence-electron chi connectivity index (χ1n) is 11.9. The molecule has 3 N–H and O–H groups in total. The number of rotatable bonds is 8. The first kappa shape index (κ1) is 25.6. The lowest BCUT2D eigenvalue weighted by atomic mass is 10.0. The molecular weight excluding hydrogens is 508 g/mol. The van der Waals surface area contributed by atoms with Crippen molar-refractivity contribution in [2.75, 3.05) is 0 Å². The van der Waals surface area contributed by atoms with Crippen molar-refractivity contribution in [2.24, 2.45) is 0 Å². The second-order valence-electron chi connectivity index (χ2n) is 8.92. The highest BCUT2D eigenvalue weighted by Gasteiger charge is 2.21. The Balaban J connectivity index is 1.40. The molecule has 3 heterocycles. The van der Waals surface area contributed by atoms with Gasteiger partial charge in [-0.3, -0.25) is 14.3 Å². The third-order valence-corrected chi connectivity index (χ3v) is 6.19. The molecule has 0 saturated heterocycles. The zero-order valence-corrected chi connectivity index (χ0v) is 21.0. The van der Waals surface area contributed by atoms with Crippen molar-refractivity contribution >= 4 is 17.5 Å². The maximum atomic E-state index is 14.1. The van der Waals surface area contributed by atoms with Crippen molar-refractivity contribution in [2.45, 2.75) is 27.0 Å². The lowest BCUT2D eigenvalue weighted by molar-refractivity contribution is 0.0690. The number of imidazole rings is 1. The number of H-pyrrole nitrogens is 1. The summed E-state index contributed by atoms with van der Waals surface area (Å²) in [7, 11) is 0. The van der Waals surface area contributed by atoms with E-state index in [-0.39, 0.29) is 35.9 Å². The van der Waals surface area contributed by atoms with E-state index in [1.165, 1.54) is 12.1 Å². The van der Waals surface area contributed by atoms with E-state index in [2.05, 4.69) is 20.5 Å².